The highest BCUT2D eigenvalue weighted by Crippen LogP contribution is 2.37. The van der Waals surface area contributed by atoms with Gasteiger partial charge in [0.25, 0.3) is 0 Å². The van der Waals surface area contributed by atoms with Crippen LogP contribution < -0.4 is 0 Å². The summed E-state index contributed by atoms with van der Waals surface area (Å²) in [6.07, 6.45) is 1.82. The first kappa shape index (κ1) is 24.3. The Morgan fingerprint density at radius 2 is 0.778 bits per heavy atom. The molecular weight excluding hydrogens is 556 g/mol. The fourth-order valence-electron chi connectivity index (χ4n) is 6.55. The number of fused-ring (bicyclic) bond motifs is 9. The Morgan fingerprint density at radius 3 is 1.36 bits per heavy atom. The predicted octanol–water partition coefficient (Wildman–Crippen LogP) is 11.2. The van der Waals surface area contributed by atoms with Crippen LogP contribution in [0.5, 0.6) is 0 Å². The van der Waals surface area contributed by atoms with E-state index < -0.39 is 0 Å². The molecule has 0 N–H and O–H groups in total. The molecule has 0 saturated heterocycles. The fourth-order valence-corrected chi connectivity index (χ4v) is 6.55. The Labute approximate surface area is 256 Å². The van der Waals surface area contributed by atoms with Crippen LogP contribution in [0.4, 0.5) is 0 Å². The molecule has 5 heteroatoms. The van der Waals surface area contributed by atoms with E-state index in [-0.39, 0.29) is 0 Å². The van der Waals surface area contributed by atoms with Crippen molar-refractivity contribution in [2.45, 2.75) is 0 Å². The van der Waals surface area contributed by atoms with E-state index in [4.69, 9.17) is 18.2 Å². The van der Waals surface area contributed by atoms with Crippen LogP contribution in [-0.4, -0.2) is 9.97 Å². The number of para-hydroxylation sites is 2. The average Bonchev–Trinajstić information content (AvgIpc) is 3.78. The van der Waals surface area contributed by atoms with Crippen molar-refractivity contribution in [3.63, 3.8) is 0 Å². The minimum Gasteiger partial charge on any atom is -0.456 e. The monoisotopic (exact) mass is 578 g/mol. The molecule has 0 amide bonds. The maximum absolute atomic E-state index is 6.25. The van der Waals surface area contributed by atoms with Gasteiger partial charge in [-0.25, -0.2) is 9.97 Å². The smallest absolute Gasteiger partial charge is 0.159 e. The van der Waals surface area contributed by atoms with Gasteiger partial charge >= 0.3 is 0 Å². The largest absolute Gasteiger partial charge is 0.456 e. The first-order valence-corrected chi connectivity index (χ1v) is 14.9. The second-order valence-electron chi connectivity index (χ2n) is 11.4. The number of hydrogen-bond donors (Lipinski definition) is 0. The standard InChI is InChI=1S/C40H22N2O3/c1-3-7-34-27(5-1)29-19-23(9-13-36(29)43-34)24-10-14-38-31(20-24)32-22-26(12-16-39(32)45-38)40-41-18-17-33(42-40)25-11-15-37-30(21-25)28-6-2-4-8-35(28)44-37/h1-22H. The SMILES string of the molecule is c1ccc2c(c1)oc1ccc(-c3ccc4oc5ccc(-c6nccc(-c7ccc8oc9ccccc9c8c7)n6)cc5c4c3)cc12. The van der Waals surface area contributed by atoms with E-state index in [1.54, 1.807) is 0 Å². The van der Waals surface area contributed by atoms with Crippen LogP contribution in [0.2, 0.25) is 0 Å². The summed E-state index contributed by atoms with van der Waals surface area (Å²) < 4.78 is 18.3. The minimum absolute atomic E-state index is 0.661. The second kappa shape index (κ2) is 9.15. The molecule has 4 aromatic heterocycles. The van der Waals surface area contributed by atoms with Crippen molar-refractivity contribution in [2.24, 2.45) is 0 Å². The number of nitrogens with zero attached hydrogens (tertiary/aromatic N) is 2. The molecular formula is C40H22N2O3. The maximum Gasteiger partial charge on any atom is 0.159 e. The Hall–Kier alpha value is -6.20. The van der Waals surface area contributed by atoms with Crippen LogP contribution in [0.15, 0.2) is 147 Å². The van der Waals surface area contributed by atoms with E-state index in [0.717, 1.165) is 93.8 Å². The molecule has 6 aromatic carbocycles. The lowest BCUT2D eigenvalue weighted by Gasteiger charge is -2.05. The number of aromatic nitrogens is 2. The van der Waals surface area contributed by atoms with E-state index in [9.17, 15) is 0 Å². The molecule has 10 aromatic rings. The van der Waals surface area contributed by atoms with E-state index in [0.29, 0.717) is 5.82 Å². The molecule has 0 fully saturated rings. The van der Waals surface area contributed by atoms with Gasteiger partial charge in [-0.15, -0.1) is 0 Å². The van der Waals surface area contributed by atoms with E-state index in [2.05, 4.69) is 71.7 Å². The number of rotatable bonds is 3. The first-order chi connectivity index (χ1) is 22.2. The molecule has 0 aliphatic carbocycles. The highest BCUT2D eigenvalue weighted by Gasteiger charge is 2.14. The summed E-state index contributed by atoms with van der Waals surface area (Å²) in [7, 11) is 0. The highest BCUT2D eigenvalue weighted by molar-refractivity contribution is 6.09. The van der Waals surface area contributed by atoms with Crippen molar-refractivity contribution in [3.8, 4) is 33.8 Å². The van der Waals surface area contributed by atoms with E-state index >= 15 is 0 Å². The Morgan fingerprint density at radius 1 is 0.356 bits per heavy atom. The summed E-state index contributed by atoms with van der Waals surface area (Å²) in [5.41, 5.74) is 10.2. The lowest BCUT2D eigenvalue weighted by molar-refractivity contribution is 0.668. The van der Waals surface area contributed by atoms with Gasteiger partial charge in [0.2, 0.25) is 0 Å². The fraction of sp³-hybridized carbons (Fsp3) is 0. The molecule has 0 atom stereocenters. The van der Waals surface area contributed by atoms with Crippen LogP contribution in [0.1, 0.15) is 0 Å². The van der Waals surface area contributed by atoms with Crippen LogP contribution in [0.25, 0.3) is 99.6 Å². The average molecular weight is 579 g/mol. The van der Waals surface area contributed by atoms with Gasteiger partial charge < -0.3 is 13.3 Å². The maximum atomic E-state index is 6.25. The molecule has 10 rings (SSSR count). The molecule has 0 aliphatic heterocycles. The van der Waals surface area contributed by atoms with Gasteiger partial charge in [0.15, 0.2) is 5.82 Å². The minimum atomic E-state index is 0.661. The summed E-state index contributed by atoms with van der Waals surface area (Å²) in [5.74, 6) is 0.661. The summed E-state index contributed by atoms with van der Waals surface area (Å²) in [5, 5.41) is 6.48. The zero-order valence-electron chi connectivity index (χ0n) is 23.8. The van der Waals surface area contributed by atoms with Crippen molar-refractivity contribution in [1.29, 1.82) is 0 Å². The summed E-state index contributed by atoms with van der Waals surface area (Å²) in [6, 6.07) is 43.3. The van der Waals surface area contributed by atoms with Crippen molar-refractivity contribution in [1.82, 2.24) is 9.97 Å². The van der Waals surface area contributed by atoms with Crippen LogP contribution in [0.3, 0.4) is 0 Å². The third kappa shape index (κ3) is 3.74. The van der Waals surface area contributed by atoms with Crippen LogP contribution in [0, 0.1) is 0 Å². The molecule has 0 spiro atoms. The molecule has 0 aliphatic rings. The van der Waals surface area contributed by atoms with Crippen LogP contribution in [-0.2, 0) is 0 Å². The van der Waals surface area contributed by atoms with E-state index in [1.807, 2.05) is 66.9 Å². The number of benzene rings is 6. The quantitative estimate of drug-likeness (QED) is 0.209. The van der Waals surface area contributed by atoms with Gasteiger partial charge in [-0.3, -0.25) is 0 Å². The first-order valence-electron chi connectivity index (χ1n) is 14.9. The zero-order valence-corrected chi connectivity index (χ0v) is 23.8. The van der Waals surface area contributed by atoms with Gasteiger partial charge in [0, 0.05) is 49.6 Å². The van der Waals surface area contributed by atoms with Crippen molar-refractivity contribution in [2.75, 3.05) is 0 Å². The van der Waals surface area contributed by atoms with Gasteiger partial charge in [-0.2, -0.15) is 0 Å². The van der Waals surface area contributed by atoms with Crippen molar-refractivity contribution < 1.29 is 13.3 Å². The topological polar surface area (TPSA) is 65.2 Å². The summed E-state index contributed by atoms with van der Waals surface area (Å²) >= 11 is 0. The van der Waals surface area contributed by atoms with Crippen molar-refractivity contribution >= 4 is 65.8 Å². The summed E-state index contributed by atoms with van der Waals surface area (Å²) in [4.78, 5) is 9.64. The Bertz CT molecular complexity index is 2780. The van der Waals surface area contributed by atoms with Gasteiger partial charge in [-0.05, 0) is 90.0 Å². The Balaban J connectivity index is 1.07. The van der Waals surface area contributed by atoms with Gasteiger partial charge in [-0.1, -0.05) is 48.5 Å². The normalized spacial score (nSPS) is 12.0. The molecule has 45 heavy (non-hydrogen) atoms. The molecule has 0 unspecified atom stereocenters. The van der Waals surface area contributed by atoms with Crippen molar-refractivity contribution in [3.05, 3.63) is 134 Å². The number of furan rings is 3. The molecule has 5 nitrogen and oxygen atoms in total. The molecule has 0 radical (unpaired) electrons. The number of hydrogen-bond acceptors (Lipinski definition) is 5. The lowest BCUT2D eigenvalue weighted by Crippen LogP contribution is -1.91. The molecule has 0 saturated carbocycles. The van der Waals surface area contributed by atoms with Gasteiger partial charge in [0.05, 0.1) is 5.69 Å². The second-order valence-corrected chi connectivity index (χ2v) is 11.4. The summed E-state index contributed by atoms with van der Waals surface area (Å²) in [6.45, 7) is 0. The lowest BCUT2D eigenvalue weighted by atomic mass is 10.00. The van der Waals surface area contributed by atoms with E-state index in [1.165, 1.54) is 0 Å². The molecule has 210 valence electrons. The Kier molecular flexibility index (Phi) is 4.93. The third-order valence-corrected chi connectivity index (χ3v) is 8.77. The van der Waals surface area contributed by atoms with Gasteiger partial charge in [0.1, 0.15) is 33.5 Å². The predicted molar refractivity (Wildman–Crippen MR) is 180 cm³/mol. The molecule has 0 bridgehead atoms. The third-order valence-electron chi connectivity index (χ3n) is 8.77. The zero-order chi connectivity index (χ0) is 29.5. The van der Waals surface area contributed by atoms with Crippen LogP contribution >= 0.6 is 0 Å². The molecule has 4 heterocycles. The highest BCUT2D eigenvalue weighted by atomic mass is 16.3.